The second-order valence-electron chi connectivity index (χ2n) is 7.65. The van der Waals surface area contributed by atoms with Crippen LogP contribution in [0.1, 0.15) is 36.1 Å². The summed E-state index contributed by atoms with van der Waals surface area (Å²) in [6.45, 7) is 7.91. The van der Waals surface area contributed by atoms with E-state index in [4.69, 9.17) is 4.98 Å². The molecule has 5 rings (SSSR count). The van der Waals surface area contributed by atoms with E-state index in [1.54, 1.807) is 4.52 Å². The van der Waals surface area contributed by atoms with Gasteiger partial charge < -0.3 is 15.1 Å². The molecule has 8 nitrogen and oxygen atoms in total. The van der Waals surface area contributed by atoms with Gasteiger partial charge in [0.25, 0.3) is 0 Å². The van der Waals surface area contributed by atoms with E-state index in [0.717, 1.165) is 57.3 Å². The number of nitrogens with zero attached hydrogens (tertiary/aromatic N) is 7. The lowest BCUT2D eigenvalue weighted by molar-refractivity contribution is 0.553. The van der Waals surface area contributed by atoms with Crippen molar-refractivity contribution in [1.82, 2.24) is 24.9 Å². The molecule has 1 fully saturated rings. The van der Waals surface area contributed by atoms with Crippen LogP contribution in [-0.2, 0) is 6.54 Å². The minimum atomic E-state index is 0.357. The molecule has 1 saturated heterocycles. The largest absolute Gasteiger partial charge is 0.354 e. The van der Waals surface area contributed by atoms with E-state index in [1.165, 1.54) is 17.6 Å². The Morgan fingerprint density at radius 1 is 1.17 bits per heavy atom. The predicted molar refractivity (Wildman–Crippen MR) is 111 cm³/mol. The van der Waals surface area contributed by atoms with Crippen LogP contribution in [0.25, 0.3) is 5.65 Å². The minimum Gasteiger partial charge on any atom is -0.354 e. The zero-order valence-corrected chi connectivity index (χ0v) is 16.5. The maximum Gasteiger partial charge on any atom is 0.175 e. The van der Waals surface area contributed by atoms with Gasteiger partial charge in [0, 0.05) is 45.2 Å². The third kappa shape index (κ3) is 3.08. The maximum atomic E-state index is 9.34. The summed E-state index contributed by atoms with van der Waals surface area (Å²) in [5.41, 5.74) is 3.64. The lowest BCUT2D eigenvalue weighted by Crippen LogP contribution is -2.44. The Morgan fingerprint density at radius 2 is 2.03 bits per heavy atom. The summed E-state index contributed by atoms with van der Waals surface area (Å²) < 4.78 is 1.78. The fourth-order valence-electron chi connectivity index (χ4n) is 4.39. The van der Waals surface area contributed by atoms with Crippen molar-refractivity contribution in [3.63, 3.8) is 0 Å². The zero-order valence-electron chi connectivity index (χ0n) is 16.5. The fraction of sp³-hybridized carbons (Fsp3) is 0.429. The fourth-order valence-corrected chi connectivity index (χ4v) is 4.39. The van der Waals surface area contributed by atoms with Gasteiger partial charge in [-0.3, -0.25) is 0 Å². The quantitative estimate of drug-likeness (QED) is 0.734. The number of hydrogen-bond donors (Lipinski definition) is 1. The third-order valence-corrected chi connectivity index (χ3v) is 5.97. The number of hydrogen-bond acceptors (Lipinski definition) is 7. The van der Waals surface area contributed by atoms with Gasteiger partial charge in [0.2, 0.25) is 0 Å². The molecule has 0 bridgehead atoms. The van der Waals surface area contributed by atoms with Gasteiger partial charge in [0.15, 0.2) is 5.65 Å². The van der Waals surface area contributed by atoms with Crippen molar-refractivity contribution in [3.8, 4) is 6.07 Å². The zero-order chi connectivity index (χ0) is 19.8. The average molecular weight is 388 g/mol. The molecule has 3 aromatic rings. The number of anilines is 2. The van der Waals surface area contributed by atoms with Crippen LogP contribution < -0.4 is 15.1 Å². The molecule has 0 aliphatic carbocycles. The van der Waals surface area contributed by atoms with Crippen molar-refractivity contribution in [1.29, 1.82) is 5.26 Å². The molecular weight excluding hydrogens is 364 g/mol. The Kier molecular flexibility index (Phi) is 4.52. The maximum absolute atomic E-state index is 9.34. The first-order valence-corrected chi connectivity index (χ1v) is 10.2. The molecule has 2 aliphatic rings. The summed E-state index contributed by atoms with van der Waals surface area (Å²) in [6.07, 6.45) is 2.54. The van der Waals surface area contributed by atoms with E-state index < -0.39 is 0 Å². The van der Waals surface area contributed by atoms with E-state index in [9.17, 15) is 5.26 Å². The van der Waals surface area contributed by atoms with Crippen LogP contribution in [0.3, 0.4) is 0 Å². The molecule has 0 saturated carbocycles. The number of nitrogens with one attached hydrogen (secondary N) is 1. The van der Waals surface area contributed by atoms with Crippen molar-refractivity contribution in [2.45, 2.75) is 25.8 Å². The van der Waals surface area contributed by atoms with Gasteiger partial charge >= 0.3 is 0 Å². The van der Waals surface area contributed by atoms with Gasteiger partial charge in [0.05, 0.1) is 11.3 Å². The first-order chi connectivity index (χ1) is 14.3. The van der Waals surface area contributed by atoms with Crippen molar-refractivity contribution in [3.05, 3.63) is 47.4 Å². The average Bonchev–Trinajstić information content (AvgIpc) is 3.28. The van der Waals surface area contributed by atoms with Crippen LogP contribution in [0.4, 0.5) is 11.6 Å². The lowest BCUT2D eigenvalue weighted by Gasteiger charge is -2.36. The first-order valence-electron chi connectivity index (χ1n) is 10.2. The second-order valence-corrected chi connectivity index (χ2v) is 7.65. The van der Waals surface area contributed by atoms with Gasteiger partial charge in [-0.2, -0.15) is 14.9 Å². The topological polar surface area (TPSA) is 85.4 Å². The molecule has 3 aromatic heterocycles. The standard InChI is InChI=1S/C21H24N8/c1-2-15-12-28(19-6-4-16(11-22)21-24-14-25-29(19)21)13-17-3-5-18(26-20(15)17)27-9-7-23-8-10-27/h3-6,14-15,23H,2,7-10,12-13H2,1H3/t15-/m0/s1. The molecule has 0 amide bonds. The van der Waals surface area contributed by atoms with Crippen LogP contribution in [0, 0.1) is 11.3 Å². The Labute approximate surface area is 169 Å². The smallest absolute Gasteiger partial charge is 0.175 e. The highest BCUT2D eigenvalue weighted by Crippen LogP contribution is 2.34. The van der Waals surface area contributed by atoms with E-state index >= 15 is 0 Å². The van der Waals surface area contributed by atoms with Crippen LogP contribution in [0.15, 0.2) is 30.6 Å². The Bertz CT molecular complexity index is 1080. The number of nitriles is 1. The molecule has 29 heavy (non-hydrogen) atoms. The second kappa shape index (κ2) is 7.33. The minimum absolute atomic E-state index is 0.357. The van der Waals surface area contributed by atoms with Crippen molar-refractivity contribution in [2.24, 2.45) is 0 Å². The predicted octanol–water partition coefficient (Wildman–Crippen LogP) is 1.92. The molecular formula is C21H24N8. The van der Waals surface area contributed by atoms with E-state index in [2.05, 4.69) is 50.3 Å². The van der Waals surface area contributed by atoms with Gasteiger partial charge in [-0.1, -0.05) is 13.0 Å². The summed E-state index contributed by atoms with van der Waals surface area (Å²) >= 11 is 0. The SMILES string of the molecule is CC[C@H]1CN(c2ccc(C#N)c3ncnn23)Cc2ccc(N3CCNCC3)nc21. The van der Waals surface area contributed by atoms with Gasteiger partial charge in [-0.05, 0) is 30.2 Å². The van der Waals surface area contributed by atoms with Gasteiger partial charge in [-0.25, -0.2) is 9.97 Å². The van der Waals surface area contributed by atoms with Crippen molar-refractivity contribution in [2.75, 3.05) is 42.5 Å². The summed E-state index contributed by atoms with van der Waals surface area (Å²) in [4.78, 5) is 14.1. The normalized spacial score (nSPS) is 19.2. The number of fused-ring (bicyclic) bond motifs is 2. The van der Waals surface area contributed by atoms with Gasteiger partial charge in [0.1, 0.15) is 24.0 Å². The summed E-state index contributed by atoms with van der Waals surface area (Å²) in [5.74, 6) is 2.41. The molecule has 2 aliphatic heterocycles. The monoisotopic (exact) mass is 388 g/mol. The molecule has 148 valence electrons. The highest BCUT2D eigenvalue weighted by atomic mass is 15.4. The van der Waals surface area contributed by atoms with E-state index in [0.29, 0.717) is 17.1 Å². The molecule has 0 radical (unpaired) electrons. The number of piperazine rings is 1. The van der Waals surface area contributed by atoms with Gasteiger partial charge in [-0.15, -0.1) is 0 Å². The molecule has 5 heterocycles. The number of aromatic nitrogens is 4. The Balaban J connectivity index is 1.50. The molecule has 1 N–H and O–H groups in total. The molecule has 0 spiro atoms. The van der Waals surface area contributed by atoms with Crippen LogP contribution in [0.2, 0.25) is 0 Å². The lowest BCUT2D eigenvalue weighted by atomic mass is 9.92. The summed E-state index contributed by atoms with van der Waals surface area (Å²) in [6, 6.07) is 10.4. The highest BCUT2D eigenvalue weighted by molar-refractivity contribution is 5.61. The van der Waals surface area contributed by atoms with Crippen molar-refractivity contribution < 1.29 is 0 Å². The third-order valence-electron chi connectivity index (χ3n) is 5.97. The molecule has 8 heteroatoms. The molecule has 1 atom stereocenters. The Hall–Kier alpha value is -3.18. The number of rotatable bonds is 3. The van der Waals surface area contributed by atoms with Crippen LogP contribution in [0.5, 0.6) is 0 Å². The first kappa shape index (κ1) is 17.9. The van der Waals surface area contributed by atoms with Crippen molar-refractivity contribution >= 4 is 17.3 Å². The molecule has 0 unspecified atom stereocenters. The van der Waals surface area contributed by atoms with Crippen LogP contribution >= 0.6 is 0 Å². The summed E-state index contributed by atoms with van der Waals surface area (Å²) in [7, 11) is 0. The highest BCUT2D eigenvalue weighted by Gasteiger charge is 2.28. The molecule has 0 aromatic carbocycles. The van der Waals surface area contributed by atoms with E-state index in [-0.39, 0.29) is 0 Å². The summed E-state index contributed by atoms with van der Waals surface area (Å²) in [5, 5.41) is 17.1. The van der Waals surface area contributed by atoms with E-state index in [1.807, 2.05) is 12.1 Å². The Morgan fingerprint density at radius 3 is 2.83 bits per heavy atom. The number of pyridine rings is 2. The van der Waals surface area contributed by atoms with Crippen LogP contribution in [-0.4, -0.2) is 52.3 Å².